The summed E-state index contributed by atoms with van der Waals surface area (Å²) >= 11 is 0. The molecule has 0 radical (unpaired) electrons. The fourth-order valence-corrected chi connectivity index (χ4v) is 3.89. The van der Waals surface area contributed by atoms with Crippen LogP contribution in [0.25, 0.3) is 0 Å². The summed E-state index contributed by atoms with van der Waals surface area (Å²) in [5.41, 5.74) is 0.0794. The van der Waals surface area contributed by atoms with Crippen molar-refractivity contribution in [3.05, 3.63) is 64.5 Å². The maximum absolute atomic E-state index is 14.9. The third-order valence-electron chi connectivity index (χ3n) is 5.65. The molecule has 178 valence electrons. The lowest BCUT2D eigenvalue weighted by molar-refractivity contribution is -0.136. The summed E-state index contributed by atoms with van der Waals surface area (Å²) in [6.45, 7) is -0.234. The van der Waals surface area contributed by atoms with Gasteiger partial charge in [0.1, 0.15) is 24.2 Å². The van der Waals surface area contributed by atoms with E-state index in [0.29, 0.717) is 19.8 Å². The van der Waals surface area contributed by atoms with Gasteiger partial charge in [-0.25, -0.2) is 4.39 Å². The minimum atomic E-state index is -3.66. The van der Waals surface area contributed by atoms with Crippen molar-refractivity contribution < 1.29 is 37.8 Å². The van der Waals surface area contributed by atoms with Crippen molar-refractivity contribution in [2.24, 2.45) is 0 Å². The van der Waals surface area contributed by atoms with Crippen molar-refractivity contribution in [3.8, 4) is 5.75 Å². The number of hydrogen-bond acceptors (Lipinski definition) is 6. The summed E-state index contributed by atoms with van der Waals surface area (Å²) in [5.74, 6) is -5.42. The number of carbonyl (C=O) groups excluding carboxylic acids is 3. The Labute approximate surface area is 206 Å². The molecule has 5 rings (SSSR count). The average Bonchev–Trinajstić information content (AvgIpc) is 3.12. The smallest absolute Gasteiger partial charge is 0.255 e. The molecule has 9 heteroatoms. The van der Waals surface area contributed by atoms with Gasteiger partial charge in [0.05, 0.1) is 23.8 Å². The molecule has 3 heterocycles. The Morgan fingerprint density at radius 1 is 1.21 bits per heavy atom. The molecule has 2 aromatic carbocycles. The predicted molar refractivity (Wildman–Crippen MR) is 119 cm³/mol. The fraction of sp³-hybridized carbons (Fsp3) is 0.400. The van der Waals surface area contributed by atoms with E-state index in [2.05, 4.69) is 4.90 Å². The maximum Gasteiger partial charge on any atom is 0.255 e. The number of piperidine rings is 1. The van der Waals surface area contributed by atoms with Gasteiger partial charge in [0, 0.05) is 48.2 Å². The molecule has 3 aliphatic heterocycles. The number of fused-ring (bicyclic) bond motifs is 1. The molecule has 1 N–H and O–H groups in total. The zero-order valence-electron chi connectivity index (χ0n) is 25.0. The molecule has 0 aliphatic carbocycles. The van der Waals surface area contributed by atoms with Crippen LogP contribution in [0.4, 0.5) is 4.39 Å². The lowest BCUT2D eigenvalue weighted by Gasteiger charge is -2.29. The molecule has 8 nitrogen and oxygen atoms in total. The second kappa shape index (κ2) is 9.52. The number of nitrogens with one attached hydrogen (secondary N) is 1. The molecule has 0 saturated carbocycles. The third-order valence-corrected chi connectivity index (χ3v) is 5.65. The third kappa shape index (κ3) is 4.53. The van der Waals surface area contributed by atoms with Crippen LogP contribution in [0.1, 0.15) is 49.4 Å². The van der Waals surface area contributed by atoms with E-state index in [1.807, 2.05) is 0 Å². The van der Waals surface area contributed by atoms with E-state index in [4.69, 9.17) is 19.1 Å². The molecule has 2 saturated heterocycles. The lowest BCUT2D eigenvalue weighted by Crippen LogP contribution is -2.52. The Hall–Kier alpha value is -3.30. The highest BCUT2D eigenvalue weighted by Gasteiger charge is 2.40. The standard InChI is InChI=1S/C25H26FN3O5/c26-20-12-16(13-28-8-10-33-11-9-28)4-5-17(20)15-34-22-3-1-2-18-19(22)14-29(25(18)32)21-6-7-23(30)27-24(21)31/h1-5,12,21H,6-11,13-15H2,(H,27,30,31)/i6D2,7D2,14D2,21D. The molecule has 0 aromatic heterocycles. The summed E-state index contributed by atoms with van der Waals surface area (Å²) in [5, 5.41) is 1.55. The number of morpholine rings is 1. The van der Waals surface area contributed by atoms with Crippen LogP contribution < -0.4 is 10.1 Å². The summed E-state index contributed by atoms with van der Waals surface area (Å²) in [6, 6.07) is 4.93. The molecule has 1 unspecified atom stereocenters. The van der Waals surface area contributed by atoms with Crippen molar-refractivity contribution in [3.63, 3.8) is 0 Å². The van der Waals surface area contributed by atoms with Crippen molar-refractivity contribution in [2.75, 3.05) is 26.3 Å². The van der Waals surface area contributed by atoms with Gasteiger partial charge < -0.3 is 14.4 Å². The van der Waals surface area contributed by atoms with Crippen LogP contribution in [0.2, 0.25) is 0 Å². The molecule has 3 aliphatic rings. The van der Waals surface area contributed by atoms with Gasteiger partial charge in [0.2, 0.25) is 11.8 Å². The summed E-state index contributed by atoms with van der Waals surface area (Å²) in [6.07, 6.45) is -7.11. The van der Waals surface area contributed by atoms with Crippen LogP contribution in [0.5, 0.6) is 5.75 Å². The van der Waals surface area contributed by atoms with E-state index in [0.717, 1.165) is 18.7 Å². The predicted octanol–water partition coefficient (Wildman–Crippen LogP) is 2.00. The fourth-order valence-electron chi connectivity index (χ4n) is 3.89. The Bertz CT molecular complexity index is 1440. The maximum atomic E-state index is 14.9. The van der Waals surface area contributed by atoms with E-state index < -0.39 is 54.4 Å². The number of amides is 3. The number of carbonyl (C=O) groups is 3. The van der Waals surface area contributed by atoms with Crippen molar-refractivity contribution in [1.29, 1.82) is 0 Å². The summed E-state index contributed by atoms with van der Waals surface area (Å²) < 4.78 is 84.3. The Kier molecular flexibility index (Phi) is 4.36. The van der Waals surface area contributed by atoms with Crippen LogP contribution >= 0.6 is 0 Å². The quantitative estimate of drug-likeness (QED) is 0.645. The molecule has 2 aromatic rings. The first kappa shape index (κ1) is 15.6. The van der Waals surface area contributed by atoms with Crippen LogP contribution in [-0.4, -0.2) is 59.8 Å². The number of imide groups is 1. The van der Waals surface area contributed by atoms with Gasteiger partial charge in [-0.1, -0.05) is 18.2 Å². The monoisotopic (exact) mass is 474 g/mol. The van der Waals surface area contributed by atoms with Gasteiger partial charge in [-0.15, -0.1) is 0 Å². The van der Waals surface area contributed by atoms with E-state index in [-0.39, 0.29) is 28.4 Å². The summed E-state index contributed by atoms with van der Waals surface area (Å²) in [4.78, 5) is 40.4. The highest BCUT2D eigenvalue weighted by Crippen LogP contribution is 2.34. The van der Waals surface area contributed by atoms with Crippen LogP contribution in [0.3, 0.4) is 0 Å². The second-order valence-corrected chi connectivity index (χ2v) is 7.92. The highest BCUT2D eigenvalue weighted by atomic mass is 19.1. The first-order chi connectivity index (χ1) is 19.1. The van der Waals surface area contributed by atoms with Crippen LogP contribution in [0.15, 0.2) is 36.4 Å². The molecule has 3 amide bonds. The van der Waals surface area contributed by atoms with Gasteiger partial charge in [-0.3, -0.25) is 24.6 Å². The zero-order valence-corrected chi connectivity index (χ0v) is 18.0. The highest BCUT2D eigenvalue weighted by molar-refractivity contribution is 6.05. The number of benzene rings is 2. The molecule has 34 heavy (non-hydrogen) atoms. The minimum absolute atomic E-state index is 0.0157. The number of hydrogen-bond donors (Lipinski definition) is 1. The molecular formula is C25H26FN3O5. The molecule has 0 spiro atoms. The zero-order chi connectivity index (χ0) is 30.0. The van der Waals surface area contributed by atoms with Gasteiger partial charge in [-0.2, -0.15) is 0 Å². The number of halogens is 1. The van der Waals surface area contributed by atoms with Gasteiger partial charge in [0.25, 0.3) is 5.91 Å². The van der Waals surface area contributed by atoms with Gasteiger partial charge in [-0.05, 0) is 30.1 Å². The molecular weight excluding hydrogens is 441 g/mol. The first-order valence-corrected chi connectivity index (χ1v) is 10.7. The van der Waals surface area contributed by atoms with E-state index in [1.165, 1.54) is 30.3 Å². The van der Waals surface area contributed by atoms with E-state index >= 15 is 0 Å². The Morgan fingerprint density at radius 2 is 2.03 bits per heavy atom. The van der Waals surface area contributed by atoms with Crippen LogP contribution in [0, 0.1) is 5.82 Å². The SMILES string of the molecule is [2H]C1([2H])c2c(OCc3ccc(CN4CCOCC4)cc3F)cccc2C(=O)N1C1([2H])C(=O)NC(=O)C([2H])([2H])C1([2H])[2H]. The lowest BCUT2D eigenvalue weighted by atomic mass is 10.0. The first-order valence-electron chi connectivity index (χ1n) is 14.2. The minimum Gasteiger partial charge on any atom is -0.488 e. The average molecular weight is 475 g/mol. The van der Waals surface area contributed by atoms with E-state index in [1.54, 1.807) is 11.4 Å². The van der Waals surface area contributed by atoms with Gasteiger partial charge in [0.15, 0.2) is 0 Å². The van der Waals surface area contributed by atoms with E-state index in [9.17, 15) is 18.8 Å². The molecule has 1 atom stereocenters. The number of ether oxygens (including phenoxy) is 2. The normalized spacial score (nSPS) is 30.6. The largest absolute Gasteiger partial charge is 0.488 e. The number of rotatable bonds is 6. The number of nitrogens with zero attached hydrogens (tertiary/aromatic N) is 2. The summed E-state index contributed by atoms with van der Waals surface area (Å²) in [7, 11) is 0. The van der Waals surface area contributed by atoms with Gasteiger partial charge >= 0.3 is 0 Å². The Balaban J connectivity index is 1.43. The van der Waals surface area contributed by atoms with Crippen molar-refractivity contribution >= 4 is 17.7 Å². The second-order valence-electron chi connectivity index (χ2n) is 7.92. The molecule has 2 fully saturated rings. The van der Waals surface area contributed by atoms with Crippen molar-refractivity contribution in [1.82, 2.24) is 15.1 Å². The topological polar surface area (TPSA) is 88.2 Å². The molecule has 0 bridgehead atoms. The van der Waals surface area contributed by atoms with Crippen LogP contribution in [-0.2, 0) is 34.0 Å². The Morgan fingerprint density at radius 3 is 2.82 bits per heavy atom. The van der Waals surface area contributed by atoms with Crippen molar-refractivity contribution in [2.45, 2.75) is 38.4 Å².